The number of carbonyl (C=O) groups is 1. The molecule has 2 aromatic carbocycles. The van der Waals surface area contributed by atoms with Gasteiger partial charge in [0.15, 0.2) is 11.6 Å². The predicted molar refractivity (Wildman–Crippen MR) is 140 cm³/mol. The number of rotatable bonds is 8. The maximum atomic E-state index is 14.3. The number of anilines is 5. The molecule has 2 unspecified atom stereocenters. The molecule has 3 aliphatic heterocycles. The van der Waals surface area contributed by atoms with Crippen LogP contribution in [0.3, 0.4) is 0 Å². The summed E-state index contributed by atoms with van der Waals surface area (Å²) in [6.45, 7) is 4.81. The molecule has 3 aromatic rings. The van der Waals surface area contributed by atoms with Crippen LogP contribution in [0.1, 0.15) is 18.4 Å². The van der Waals surface area contributed by atoms with Gasteiger partial charge >= 0.3 is 0 Å². The Labute approximate surface area is 210 Å². The van der Waals surface area contributed by atoms with Gasteiger partial charge < -0.3 is 21.3 Å². The number of hydrogen-bond donors (Lipinski definition) is 4. The summed E-state index contributed by atoms with van der Waals surface area (Å²) >= 11 is 0. The zero-order valence-electron chi connectivity index (χ0n) is 20.2. The van der Waals surface area contributed by atoms with Crippen LogP contribution in [0.2, 0.25) is 0 Å². The maximum Gasteiger partial charge on any atom is 0.248 e. The minimum Gasteiger partial charge on any atom is -0.338 e. The van der Waals surface area contributed by atoms with Crippen LogP contribution < -0.4 is 21.3 Å². The second kappa shape index (κ2) is 10.8. The smallest absolute Gasteiger partial charge is 0.248 e. The molecular weight excluding hydrogens is 457 g/mol. The number of halogens is 1. The number of piperazine rings is 1. The molecule has 6 rings (SSSR count). The lowest BCUT2D eigenvalue weighted by atomic mass is 9.93. The van der Waals surface area contributed by atoms with Crippen LogP contribution in [0.15, 0.2) is 66.9 Å². The summed E-state index contributed by atoms with van der Waals surface area (Å²) < 4.78 is 14.3. The molecule has 2 bridgehead atoms. The monoisotopic (exact) mass is 487 g/mol. The first-order valence-electron chi connectivity index (χ1n) is 12.2. The minimum atomic E-state index is -0.552. The average Bonchev–Trinajstić information content (AvgIpc) is 2.87. The Hall–Kier alpha value is -3.82. The Balaban J connectivity index is 1.18. The molecule has 0 aliphatic carbocycles. The highest BCUT2D eigenvalue weighted by Gasteiger charge is 2.32. The lowest BCUT2D eigenvalue weighted by Crippen LogP contribution is -2.60. The van der Waals surface area contributed by atoms with E-state index in [1.54, 1.807) is 12.1 Å². The largest absolute Gasteiger partial charge is 0.338 e. The van der Waals surface area contributed by atoms with Gasteiger partial charge in [0.05, 0.1) is 6.20 Å². The fraction of sp³-hybridized carbons (Fsp3) is 0.296. The maximum absolute atomic E-state index is 14.3. The number of nitrogens with zero attached hydrogens (tertiary/aromatic N) is 3. The third-order valence-corrected chi connectivity index (χ3v) is 6.48. The van der Waals surface area contributed by atoms with Crippen molar-refractivity contribution in [3.8, 4) is 0 Å². The summed E-state index contributed by atoms with van der Waals surface area (Å²) in [6, 6.07) is 16.0. The molecule has 3 aliphatic rings. The molecule has 36 heavy (non-hydrogen) atoms. The molecule has 0 spiro atoms. The first kappa shape index (κ1) is 23.9. The molecule has 9 heteroatoms. The third-order valence-electron chi connectivity index (χ3n) is 6.48. The molecule has 1 aromatic heterocycles. The fourth-order valence-electron chi connectivity index (χ4n) is 4.68. The fourth-order valence-corrected chi connectivity index (χ4v) is 4.68. The first-order valence-corrected chi connectivity index (χ1v) is 12.2. The van der Waals surface area contributed by atoms with E-state index >= 15 is 0 Å². The van der Waals surface area contributed by atoms with Gasteiger partial charge in [-0.1, -0.05) is 24.3 Å². The Bertz CT molecular complexity index is 1260. The Kier molecular flexibility index (Phi) is 7.20. The number of aromatic nitrogens is 2. The molecule has 2 atom stereocenters. The van der Waals surface area contributed by atoms with Crippen molar-refractivity contribution in [1.82, 2.24) is 20.2 Å². The van der Waals surface area contributed by atoms with Crippen LogP contribution in [0.4, 0.5) is 33.2 Å². The molecule has 4 heterocycles. The SMILES string of the molecule is Cc1cccc(Nc2nc(Nc3cccc(NC(=O)/C=C/CN4CC5CCC4CN5)c3)ncc2F)c1. The topological polar surface area (TPSA) is 94.2 Å². The van der Waals surface area contributed by atoms with Crippen LogP contribution in [0, 0.1) is 12.7 Å². The van der Waals surface area contributed by atoms with Crippen molar-refractivity contribution >= 4 is 34.7 Å². The molecule has 3 saturated heterocycles. The highest BCUT2D eigenvalue weighted by molar-refractivity contribution is 5.99. The molecule has 0 radical (unpaired) electrons. The van der Waals surface area contributed by atoms with Crippen molar-refractivity contribution in [2.45, 2.75) is 31.8 Å². The van der Waals surface area contributed by atoms with Gasteiger partial charge in [0.2, 0.25) is 11.9 Å². The van der Waals surface area contributed by atoms with E-state index in [1.807, 2.05) is 55.5 Å². The van der Waals surface area contributed by atoms with E-state index in [9.17, 15) is 9.18 Å². The van der Waals surface area contributed by atoms with Crippen LogP contribution in [-0.4, -0.2) is 52.5 Å². The zero-order valence-corrected chi connectivity index (χ0v) is 20.2. The van der Waals surface area contributed by atoms with E-state index in [-0.39, 0.29) is 17.7 Å². The number of amides is 1. The normalized spacial score (nSPS) is 19.4. The number of carbonyl (C=O) groups excluding carboxylic acids is 1. The Morgan fingerprint density at radius 1 is 1.14 bits per heavy atom. The van der Waals surface area contributed by atoms with Gasteiger partial charge in [-0.2, -0.15) is 4.98 Å². The lowest BCUT2D eigenvalue weighted by Gasteiger charge is -2.45. The molecule has 0 saturated carbocycles. The predicted octanol–water partition coefficient (Wildman–Crippen LogP) is 4.34. The number of hydrogen-bond acceptors (Lipinski definition) is 7. The summed E-state index contributed by atoms with van der Waals surface area (Å²) in [7, 11) is 0. The van der Waals surface area contributed by atoms with Crippen molar-refractivity contribution in [1.29, 1.82) is 0 Å². The molecule has 1 amide bonds. The van der Waals surface area contributed by atoms with E-state index in [0.29, 0.717) is 23.5 Å². The second-order valence-corrected chi connectivity index (χ2v) is 9.27. The van der Waals surface area contributed by atoms with Gasteiger partial charge in [0.25, 0.3) is 0 Å². The number of fused-ring (bicyclic) bond motifs is 3. The van der Waals surface area contributed by atoms with Crippen molar-refractivity contribution < 1.29 is 9.18 Å². The highest BCUT2D eigenvalue weighted by Crippen LogP contribution is 2.23. The number of nitrogens with one attached hydrogen (secondary N) is 4. The van der Waals surface area contributed by atoms with Crippen LogP contribution in [0.5, 0.6) is 0 Å². The van der Waals surface area contributed by atoms with E-state index in [4.69, 9.17) is 0 Å². The second-order valence-electron chi connectivity index (χ2n) is 9.27. The van der Waals surface area contributed by atoms with Gasteiger partial charge in [-0.25, -0.2) is 9.37 Å². The van der Waals surface area contributed by atoms with E-state index in [2.05, 4.69) is 36.1 Å². The van der Waals surface area contributed by atoms with Gasteiger partial charge in [-0.3, -0.25) is 9.69 Å². The number of aryl methyl sites for hydroxylation is 1. The van der Waals surface area contributed by atoms with Crippen LogP contribution in [-0.2, 0) is 4.79 Å². The molecule has 3 fully saturated rings. The van der Waals surface area contributed by atoms with E-state index < -0.39 is 5.82 Å². The molecule has 4 N–H and O–H groups in total. The summed E-state index contributed by atoms with van der Waals surface area (Å²) in [5.74, 6) is -0.427. The Morgan fingerprint density at radius 2 is 1.94 bits per heavy atom. The summed E-state index contributed by atoms with van der Waals surface area (Å²) in [4.78, 5) is 23.2. The molecular formula is C27H30FN7O. The average molecular weight is 488 g/mol. The standard InChI is InChI=1S/C27H30FN7O/c1-18-5-2-6-19(13-18)32-26-24(28)16-30-27(34-26)33-21-8-3-7-20(14-21)31-25(36)9-4-12-35-17-22-10-11-23(35)15-29-22/h2-9,13-14,16,22-23,29H,10-12,15,17H2,1H3,(H,31,36)(H2,30,32,33,34)/b9-4+. The zero-order chi connectivity index (χ0) is 24.9. The third kappa shape index (κ3) is 6.05. The van der Waals surface area contributed by atoms with E-state index in [0.717, 1.165) is 37.1 Å². The first-order chi connectivity index (χ1) is 17.5. The van der Waals surface area contributed by atoms with Crippen molar-refractivity contribution in [2.75, 3.05) is 35.6 Å². The minimum absolute atomic E-state index is 0.0744. The number of benzene rings is 2. The summed E-state index contributed by atoms with van der Waals surface area (Å²) in [6.07, 6.45) is 7.09. The summed E-state index contributed by atoms with van der Waals surface area (Å²) in [5.41, 5.74) is 3.09. The quantitative estimate of drug-likeness (QED) is 0.351. The number of piperidine rings is 2. The van der Waals surface area contributed by atoms with Gasteiger partial charge in [-0.05, 0) is 55.7 Å². The van der Waals surface area contributed by atoms with Crippen molar-refractivity contribution in [3.05, 3.63) is 78.3 Å². The van der Waals surface area contributed by atoms with Crippen LogP contribution in [0.25, 0.3) is 0 Å². The lowest BCUT2D eigenvalue weighted by molar-refractivity contribution is -0.111. The van der Waals surface area contributed by atoms with Crippen molar-refractivity contribution in [3.63, 3.8) is 0 Å². The molecule has 8 nitrogen and oxygen atoms in total. The molecule has 186 valence electrons. The van der Waals surface area contributed by atoms with E-state index in [1.165, 1.54) is 12.8 Å². The van der Waals surface area contributed by atoms with Crippen LogP contribution >= 0.6 is 0 Å². The Morgan fingerprint density at radius 3 is 2.69 bits per heavy atom. The summed E-state index contributed by atoms with van der Waals surface area (Å²) in [5, 5.41) is 12.5. The van der Waals surface area contributed by atoms with Gasteiger partial charge in [-0.15, -0.1) is 0 Å². The highest BCUT2D eigenvalue weighted by atomic mass is 19.1. The van der Waals surface area contributed by atoms with Gasteiger partial charge in [0.1, 0.15) is 0 Å². The van der Waals surface area contributed by atoms with Crippen molar-refractivity contribution in [2.24, 2.45) is 0 Å². The van der Waals surface area contributed by atoms with Gasteiger partial charge in [0, 0.05) is 54.9 Å².